The largest absolute Gasteiger partial charge is 0.488 e. The van der Waals surface area contributed by atoms with Gasteiger partial charge in [-0.05, 0) is 18.6 Å². The monoisotopic (exact) mass is 251 g/mol. The Balaban J connectivity index is 2.08. The summed E-state index contributed by atoms with van der Waals surface area (Å²) in [5.74, 6) is -0.733. The van der Waals surface area contributed by atoms with Crippen LogP contribution in [0.3, 0.4) is 0 Å². The van der Waals surface area contributed by atoms with E-state index in [1.165, 1.54) is 6.07 Å². The maximum absolute atomic E-state index is 11.0. The Kier molecular flexibility index (Phi) is 3.36. The third-order valence-electron chi connectivity index (χ3n) is 2.60. The first-order valence-electron chi connectivity index (χ1n) is 5.48. The second-order valence-electron chi connectivity index (χ2n) is 3.98. The zero-order valence-corrected chi connectivity index (χ0v) is 9.80. The molecule has 6 nitrogen and oxygen atoms in total. The molecule has 1 amide bonds. The SMILES string of the molecule is Cc1cccc(C(=O)O)c1OCC1CNC(=O)O1. The number of alkyl carbamates (subject to hydrolysis) is 1. The van der Waals surface area contributed by atoms with E-state index in [1.807, 2.05) is 0 Å². The minimum atomic E-state index is -1.05. The number of aromatic carboxylic acids is 1. The van der Waals surface area contributed by atoms with Gasteiger partial charge in [0.05, 0.1) is 6.54 Å². The normalized spacial score (nSPS) is 18.1. The van der Waals surface area contributed by atoms with Crippen LogP contribution in [0, 0.1) is 6.92 Å². The smallest absolute Gasteiger partial charge is 0.407 e. The molecular formula is C12H13NO5. The van der Waals surface area contributed by atoms with Crippen LogP contribution in [0.4, 0.5) is 4.79 Å². The minimum Gasteiger partial charge on any atom is -0.488 e. The minimum absolute atomic E-state index is 0.104. The van der Waals surface area contributed by atoms with Crippen molar-refractivity contribution >= 4 is 12.1 Å². The van der Waals surface area contributed by atoms with Crippen LogP contribution in [0.15, 0.2) is 18.2 Å². The van der Waals surface area contributed by atoms with Gasteiger partial charge in [0, 0.05) is 0 Å². The van der Waals surface area contributed by atoms with E-state index in [-0.39, 0.29) is 12.2 Å². The highest BCUT2D eigenvalue weighted by Crippen LogP contribution is 2.23. The van der Waals surface area contributed by atoms with E-state index in [0.717, 1.165) is 5.56 Å². The topological polar surface area (TPSA) is 84.9 Å². The lowest BCUT2D eigenvalue weighted by Crippen LogP contribution is -2.22. The third-order valence-corrected chi connectivity index (χ3v) is 2.60. The summed E-state index contributed by atoms with van der Waals surface area (Å²) >= 11 is 0. The molecular weight excluding hydrogens is 238 g/mol. The molecule has 1 unspecified atom stereocenters. The number of para-hydroxylation sites is 1. The number of carbonyl (C=O) groups excluding carboxylic acids is 1. The highest BCUT2D eigenvalue weighted by Gasteiger charge is 2.24. The molecule has 2 rings (SSSR count). The highest BCUT2D eigenvalue weighted by molar-refractivity contribution is 5.91. The fourth-order valence-corrected chi connectivity index (χ4v) is 1.71. The van der Waals surface area contributed by atoms with Gasteiger partial charge in [-0.15, -0.1) is 0 Å². The second kappa shape index (κ2) is 4.95. The Morgan fingerprint density at radius 1 is 1.61 bits per heavy atom. The van der Waals surface area contributed by atoms with E-state index in [4.69, 9.17) is 14.6 Å². The molecule has 0 radical (unpaired) electrons. The summed E-state index contributed by atoms with van der Waals surface area (Å²) in [7, 11) is 0. The van der Waals surface area contributed by atoms with Crippen molar-refractivity contribution in [2.24, 2.45) is 0 Å². The molecule has 0 aromatic heterocycles. The van der Waals surface area contributed by atoms with Gasteiger partial charge in [0.15, 0.2) is 6.10 Å². The number of cyclic esters (lactones) is 1. The number of hydrogen-bond donors (Lipinski definition) is 2. The van der Waals surface area contributed by atoms with Crippen molar-refractivity contribution in [3.8, 4) is 5.75 Å². The van der Waals surface area contributed by atoms with Crippen LogP contribution < -0.4 is 10.1 Å². The molecule has 1 aliphatic rings. The number of aryl methyl sites for hydroxylation is 1. The molecule has 0 aliphatic carbocycles. The van der Waals surface area contributed by atoms with Crippen LogP contribution >= 0.6 is 0 Å². The number of hydrogen-bond acceptors (Lipinski definition) is 4. The van der Waals surface area contributed by atoms with Gasteiger partial charge in [0.1, 0.15) is 17.9 Å². The van der Waals surface area contributed by atoms with Gasteiger partial charge >= 0.3 is 12.1 Å². The number of carboxylic acids is 1. The van der Waals surface area contributed by atoms with Gasteiger partial charge < -0.3 is 19.9 Å². The van der Waals surface area contributed by atoms with Crippen molar-refractivity contribution in [2.75, 3.05) is 13.2 Å². The van der Waals surface area contributed by atoms with Gasteiger partial charge in [-0.2, -0.15) is 0 Å². The molecule has 1 aromatic rings. The quantitative estimate of drug-likeness (QED) is 0.839. The number of nitrogens with one attached hydrogen (secondary N) is 1. The summed E-state index contributed by atoms with van der Waals surface area (Å²) in [6, 6.07) is 4.90. The van der Waals surface area contributed by atoms with Crippen LogP contribution in [0.1, 0.15) is 15.9 Å². The van der Waals surface area contributed by atoms with Crippen molar-refractivity contribution in [3.63, 3.8) is 0 Å². The summed E-state index contributed by atoms with van der Waals surface area (Å²) in [4.78, 5) is 21.9. The van der Waals surface area contributed by atoms with Crippen molar-refractivity contribution in [1.29, 1.82) is 0 Å². The van der Waals surface area contributed by atoms with Crippen LogP contribution in [-0.2, 0) is 4.74 Å². The number of carbonyl (C=O) groups is 2. The van der Waals surface area contributed by atoms with E-state index < -0.39 is 18.2 Å². The Labute approximate surface area is 104 Å². The molecule has 1 aliphatic heterocycles. The van der Waals surface area contributed by atoms with Gasteiger partial charge in [-0.1, -0.05) is 12.1 Å². The maximum Gasteiger partial charge on any atom is 0.407 e. The molecule has 1 aromatic carbocycles. The van der Waals surface area contributed by atoms with Crippen molar-refractivity contribution < 1.29 is 24.2 Å². The summed E-state index contributed by atoms with van der Waals surface area (Å²) in [5.41, 5.74) is 0.833. The van der Waals surface area contributed by atoms with E-state index in [9.17, 15) is 9.59 Å². The van der Waals surface area contributed by atoms with Gasteiger partial charge in [-0.25, -0.2) is 9.59 Å². The molecule has 96 valence electrons. The molecule has 1 fully saturated rings. The Morgan fingerprint density at radius 3 is 3.00 bits per heavy atom. The average Bonchev–Trinajstić information content (AvgIpc) is 2.73. The number of rotatable bonds is 4. The lowest BCUT2D eigenvalue weighted by Gasteiger charge is -2.14. The number of carboxylic acid groups (broad SMARTS) is 1. The van der Waals surface area contributed by atoms with E-state index in [0.29, 0.717) is 12.3 Å². The molecule has 2 N–H and O–H groups in total. The summed E-state index contributed by atoms with van der Waals surface area (Å²) in [5, 5.41) is 11.5. The molecule has 0 saturated carbocycles. The summed E-state index contributed by atoms with van der Waals surface area (Å²) < 4.78 is 10.4. The molecule has 18 heavy (non-hydrogen) atoms. The third kappa shape index (κ3) is 2.53. The second-order valence-corrected chi connectivity index (χ2v) is 3.98. The Hall–Kier alpha value is -2.24. The summed E-state index contributed by atoms with van der Waals surface area (Å²) in [6.07, 6.45) is -0.870. The molecule has 0 spiro atoms. The van der Waals surface area contributed by atoms with Crippen molar-refractivity contribution in [3.05, 3.63) is 29.3 Å². The highest BCUT2D eigenvalue weighted by atomic mass is 16.6. The maximum atomic E-state index is 11.0. The number of amides is 1. The average molecular weight is 251 g/mol. The molecule has 0 bridgehead atoms. The number of benzene rings is 1. The molecule has 1 heterocycles. The predicted octanol–water partition coefficient (Wildman–Crippen LogP) is 1.18. The fourth-order valence-electron chi connectivity index (χ4n) is 1.71. The van der Waals surface area contributed by atoms with Crippen molar-refractivity contribution in [1.82, 2.24) is 5.32 Å². The van der Waals surface area contributed by atoms with Crippen LogP contribution in [0.25, 0.3) is 0 Å². The Bertz CT molecular complexity index is 485. The number of ether oxygens (including phenoxy) is 2. The van der Waals surface area contributed by atoms with Gasteiger partial charge in [-0.3, -0.25) is 0 Å². The fraction of sp³-hybridized carbons (Fsp3) is 0.333. The van der Waals surface area contributed by atoms with Crippen molar-refractivity contribution in [2.45, 2.75) is 13.0 Å². The lowest BCUT2D eigenvalue weighted by molar-refractivity contribution is 0.0683. The summed E-state index contributed by atoms with van der Waals surface area (Å²) in [6.45, 7) is 2.26. The zero-order chi connectivity index (χ0) is 13.1. The van der Waals surface area contributed by atoms with E-state index in [1.54, 1.807) is 19.1 Å². The first-order valence-corrected chi connectivity index (χ1v) is 5.48. The van der Waals surface area contributed by atoms with Crippen LogP contribution in [-0.4, -0.2) is 36.4 Å². The molecule has 1 atom stereocenters. The first-order chi connectivity index (χ1) is 8.58. The van der Waals surface area contributed by atoms with Gasteiger partial charge in [0.25, 0.3) is 0 Å². The van der Waals surface area contributed by atoms with Crippen LogP contribution in [0.2, 0.25) is 0 Å². The lowest BCUT2D eigenvalue weighted by atomic mass is 10.1. The van der Waals surface area contributed by atoms with E-state index in [2.05, 4.69) is 5.32 Å². The predicted molar refractivity (Wildman–Crippen MR) is 61.9 cm³/mol. The molecule has 6 heteroatoms. The van der Waals surface area contributed by atoms with Gasteiger partial charge in [0.2, 0.25) is 0 Å². The van der Waals surface area contributed by atoms with E-state index >= 15 is 0 Å². The zero-order valence-electron chi connectivity index (χ0n) is 9.80. The Morgan fingerprint density at radius 2 is 2.39 bits per heavy atom. The first kappa shape index (κ1) is 12.2. The molecule has 1 saturated heterocycles. The van der Waals surface area contributed by atoms with Crippen LogP contribution in [0.5, 0.6) is 5.75 Å². The standard InChI is InChI=1S/C12H13NO5/c1-7-3-2-4-9(11(14)15)10(7)17-6-8-5-13-12(16)18-8/h2-4,8H,5-6H2,1H3,(H,13,16)(H,14,15).